The highest BCUT2D eigenvalue weighted by Gasteiger charge is 2.36. The second-order valence-corrected chi connectivity index (χ2v) is 18.2. The van der Waals surface area contributed by atoms with Gasteiger partial charge in [-0.05, 0) is 120 Å². The summed E-state index contributed by atoms with van der Waals surface area (Å²) in [6.45, 7) is 11.7. The van der Waals surface area contributed by atoms with Crippen LogP contribution in [0.3, 0.4) is 0 Å². The van der Waals surface area contributed by atoms with Gasteiger partial charge in [0.25, 0.3) is 0 Å². The quantitative estimate of drug-likeness (QED) is 0.148. The number of nitrogens with zero attached hydrogens (tertiary/aromatic N) is 1. The van der Waals surface area contributed by atoms with Crippen LogP contribution in [0.25, 0.3) is 66.8 Å². The van der Waals surface area contributed by atoms with E-state index in [1.807, 2.05) is 0 Å². The average molecular weight is 798 g/mol. The Balaban J connectivity index is 1.22. The van der Waals surface area contributed by atoms with Crippen molar-refractivity contribution in [3.05, 3.63) is 235 Å². The van der Waals surface area contributed by atoms with Gasteiger partial charge in [-0.2, -0.15) is 0 Å². The zero-order chi connectivity index (χ0) is 42.4. The summed E-state index contributed by atoms with van der Waals surface area (Å²) >= 11 is 0. The molecule has 0 aliphatic heterocycles. The molecule has 10 rings (SSSR count). The van der Waals surface area contributed by atoms with Crippen LogP contribution in [-0.2, 0) is 10.8 Å². The van der Waals surface area contributed by atoms with Gasteiger partial charge in [-0.1, -0.05) is 217 Å². The molecular formula is C61H51N. The second-order valence-electron chi connectivity index (χ2n) is 18.2. The van der Waals surface area contributed by atoms with Gasteiger partial charge in [0.2, 0.25) is 0 Å². The van der Waals surface area contributed by atoms with Crippen LogP contribution in [0.4, 0.5) is 17.1 Å². The zero-order valence-corrected chi connectivity index (χ0v) is 36.2. The summed E-state index contributed by atoms with van der Waals surface area (Å²) in [6, 6.07) is 80.5. The molecule has 0 heterocycles. The van der Waals surface area contributed by atoms with E-state index in [0.717, 1.165) is 17.1 Å². The van der Waals surface area contributed by atoms with E-state index < -0.39 is 0 Å². The van der Waals surface area contributed by atoms with Crippen molar-refractivity contribution in [3.63, 3.8) is 0 Å². The maximum absolute atomic E-state index is 2.51. The molecule has 0 fully saturated rings. The van der Waals surface area contributed by atoms with Gasteiger partial charge in [0, 0.05) is 22.4 Å². The van der Waals surface area contributed by atoms with Gasteiger partial charge < -0.3 is 4.90 Å². The number of anilines is 3. The number of rotatable bonds is 8. The van der Waals surface area contributed by atoms with E-state index in [1.54, 1.807) is 0 Å². The van der Waals surface area contributed by atoms with E-state index in [4.69, 9.17) is 0 Å². The highest BCUT2D eigenvalue weighted by Crippen LogP contribution is 2.52. The van der Waals surface area contributed by atoms with Crippen LogP contribution in [0.15, 0.2) is 218 Å². The molecule has 0 spiro atoms. The third kappa shape index (κ3) is 7.14. The Hall–Kier alpha value is -7.22. The Morgan fingerprint density at radius 3 is 1.39 bits per heavy atom. The van der Waals surface area contributed by atoms with Gasteiger partial charge in [0.1, 0.15) is 0 Å². The summed E-state index contributed by atoms with van der Waals surface area (Å²) in [7, 11) is 0. The Morgan fingerprint density at radius 2 is 0.774 bits per heavy atom. The zero-order valence-electron chi connectivity index (χ0n) is 36.2. The number of benzene rings is 9. The first-order valence-electron chi connectivity index (χ1n) is 21.8. The van der Waals surface area contributed by atoms with Crippen molar-refractivity contribution in [1.82, 2.24) is 0 Å². The fourth-order valence-corrected chi connectivity index (χ4v) is 9.40. The monoisotopic (exact) mass is 797 g/mol. The van der Waals surface area contributed by atoms with Gasteiger partial charge in [-0.15, -0.1) is 0 Å². The molecule has 0 saturated heterocycles. The molecule has 0 aromatic heterocycles. The van der Waals surface area contributed by atoms with Crippen molar-refractivity contribution >= 4 is 17.1 Å². The molecule has 0 atom stereocenters. The molecule has 0 N–H and O–H groups in total. The fourth-order valence-electron chi connectivity index (χ4n) is 9.40. The minimum atomic E-state index is -0.149. The molecule has 9 aromatic carbocycles. The van der Waals surface area contributed by atoms with Crippen LogP contribution < -0.4 is 4.90 Å². The number of hydrogen-bond donors (Lipinski definition) is 0. The highest BCUT2D eigenvalue weighted by atomic mass is 15.1. The van der Waals surface area contributed by atoms with Crippen LogP contribution in [0.2, 0.25) is 0 Å². The first-order valence-corrected chi connectivity index (χ1v) is 21.8. The van der Waals surface area contributed by atoms with Gasteiger partial charge >= 0.3 is 0 Å². The molecule has 1 aliphatic carbocycles. The van der Waals surface area contributed by atoms with E-state index in [9.17, 15) is 0 Å². The Bertz CT molecular complexity index is 3030. The lowest BCUT2D eigenvalue weighted by Gasteiger charge is -2.32. The third-order valence-corrected chi connectivity index (χ3v) is 12.9. The molecule has 0 bridgehead atoms. The number of hydrogen-bond acceptors (Lipinski definition) is 1. The summed E-state index contributed by atoms with van der Waals surface area (Å²) in [6.07, 6.45) is 0. The van der Waals surface area contributed by atoms with E-state index in [1.165, 1.54) is 83.5 Å². The van der Waals surface area contributed by atoms with Gasteiger partial charge in [-0.3, -0.25) is 0 Å². The summed E-state index contributed by atoms with van der Waals surface area (Å²) in [5.74, 6) is 0. The van der Waals surface area contributed by atoms with E-state index >= 15 is 0 Å². The topological polar surface area (TPSA) is 3.24 Å². The Morgan fingerprint density at radius 1 is 0.323 bits per heavy atom. The average Bonchev–Trinajstić information content (AvgIpc) is 3.55. The van der Waals surface area contributed by atoms with Gasteiger partial charge in [-0.25, -0.2) is 0 Å². The standard InChI is InChI=1S/C61H51N/c1-60(2,3)49-32-37-55(56-39-48(44-21-13-8-14-22-44)31-36-52(56)47-27-25-45(26-28-47)42-17-9-6-10-18-42)59(40-49)62(50-33-29-46(30-34-50)43-19-11-7-12-20-43)51-35-38-54-53-23-15-16-24-57(53)61(4,5)58(54)41-51/h6-41H,1-5H3. The molecule has 0 unspecified atom stereocenters. The summed E-state index contributed by atoms with van der Waals surface area (Å²) in [5, 5.41) is 0. The number of fused-ring (bicyclic) bond motifs is 3. The Kier molecular flexibility index (Phi) is 9.84. The van der Waals surface area contributed by atoms with Crippen LogP contribution in [-0.4, -0.2) is 0 Å². The summed E-state index contributed by atoms with van der Waals surface area (Å²) in [5.41, 5.74) is 21.8. The van der Waals surface area contributed by atoms with E-state index in [0.29, 0.717) is 0 Å². The van der Waals surface area contributed by atoms with Crippen molar-refractivity contribution in [2.45, 2.75) is 45.4 Å². The lowest BCUT2D eigenvalue weighted by atomic mass is 9.82. The predicted octanol–water partition coefficient (Wildman–Crippen LogP) is 17.1. The van der Waals surface area contributed by atoms with Crippen LogP contribution in [0, 0.1) is 0 Å². The van der Waals surface area contributed by atoms with Crippen molar-refractivity contribution < 1.29 is 0 Å². The minimum absolute atomic E-state index is 0.0837. The normalized spacial score (nSPS) is 12.7. The largest absolute Gasteiger partial charge is 0.310 e. The fraction of sp³-hybridized carbons (Fsp3) is 0.115. The SMILES string of the molecule is CC(C)(C)c1ccc(-c2cc(-c3ccccc3)ccc2-c2ccc(-c3ccccc3)cc2)c(N(c2ccc(-c3ccccc3)cc2)c2ccc3c(c2)C(C)(C)c2ccccc2-3)c1. The molecule has 0 radical (unpaired) electrons. The van der Waals surface area contributed by atoms with E-state index in [-0.39, 0.29) is 10.8 Å². The lowest BCUT2D eigenvalue weighted by molar-refractivity contribution is 0.590. The van der Waals surface area contributed by atoms with Crippen molar-refractivity contribution in [2.75, 3.05) is 4.90 Å². The first kappa shape index (κ1) is 38.9. The van der Waals surface area contributed by atoms with Crippen LogP contribution >= 0.6 is 0 Å². The van der Waals surface area contributed by atoms with Crippen LogP contribution in [0.1, 0.15) is 51.3 Å². The maximum Gasteiger partial charge on any atom is 0.0543 e. The van der Waals surface area contributed by atoms with Gasteiger partial charge in [0.05, 0.1) is 5.69 Å². The summed E-state index contributed by atoms with van der Waals surface area (Å²) in [4.78, 5) is 2.51. The molecule has 0 saturated carbocycles. The smallest absolute Gasteiger partial charge is 0.0543 e. The highest BCUT2D eigenvalue weighted by molar-refractivity contribution is 5.97. The van der Waals surface area contributed by atoms with E-state index in [2.05, 4.69) is 258 Å². The molecule has 62 heavy (non-hydrogen) atoms. The van der Waals surface area contributed by atoms with Crippen LogP contribution in [0.5, 0.6) is 0 Å². The molecule has 300 valence electrons. The van der Waals surface area contributed by atoms with Gasteiger partial charge in [0.15, 0.2) is 0 Å². The predicted molar refractivity (Wildman–Crippen MR) is 265 cm³/mol. The van der Waals surface area contributed by atoms with Crippen molar-refractivity contribution in [3.8, 4) is 66.8 Å². The molecule has 9 aromatic rings. The molecule has 1 nitrogen and oxygen atoms in total. The molecular weight excluding hydrogens is 747 g/mol. The van der Waals surface area contributed by atoms with Crippen molar-refractivity contribution in [1.29, 1.82) is 0 Å². The second kappa shape index (κ2) is 15.7. The Labute approximate surface area is 367 Å². The lowest BCUT2D eigenvalue weighted by Crippen LogP contribution is -2.18. The molecule has 1 aliphatic rings. The minimum Gasteiger partial charge on any atom is -0.310 e. The summed E-state index contributed by atoms with van der Waals surface area (Å²) < 4.78 is 0. The maximum atomic E-state index is 2.51. The van der Waals surface area contributed by atoms with Crippen molar-refractivity contribution in [2.24, 2.45) is 0 Å². The molecule has 0 amide bonds. The third-order valence-electron chi connectivity index (χ3n) is 12.9. The first-order chi connectivity index (χ1) is 30.1. The molecule has 1 heteroatoms.